The standard InChI is InChI=1S/C32H37F3N8O/c1-19(20(2)23-5-4-6-24-30(32(44)36-3)25(33)16-40-31(23)24)13-37-29-12-26(41-18-42-29)22-14-38-28(39-15-22)11-21-7-9-43(10-8-21)17-27(34)35/h4-6,12,14-16,18-21,27H,7-11,13,17H2,1-3H3,(H,36,44)(H,37,41,42)/t19-,20?/m1/s1. The van der Waals surface area contributed by atoms with Gasteiger partial charge in [-0.3, -0.25) is 14.7 Å². The number of hydrogen-bond donors (Lipinski definition) is 2. The van der Waals surface area contributed by atoms with E-state index in [9.17, 15) is 18.0 Å². The largest absolute Gasteiger partial charge is 0.370 e. The Bertz CT molecular complexity index is 1580. The molecule has 0 aliphatic carbocycles. The van der Waals surface area contributed by atoms with Crippen molar-refractivity contribution in [3.8, 4) is 11.3 Å². The number of fused-ring (bicyclic) bond motifs is 1. The van der Waals surface area contributed by atoms with Gasteiger partial charge in [-0.05, 0) is 49.2 Å². The number of nitrogens with zero attached hydrogens (tertiary/aromatic N) is 6. The van der Waals surface area contributed by atoms with Crippen LogP contribution in [0.3, 0.4) is 0 Å². The summed E-state index contributed by atoms with van der Waals surface area (Å²) in [6.45, 7) is 6.00. The Morgan fingerprint density at radius 3 is 2.50 bits per heavy atom. The Morgan fingerprint density at radius 1 is 1.05 bits per heavy atom. The minimum atomic E-state index is -2.29. The molecule has 44 heavy (non-hydrogen) atoms. The van der Waals surface area contributed by atoms with Crippen molar-refractivity contribution in [1.29, 1.82) is 0 Å². The van der Waals surface area contributed by atoms with Gasteiger partial charge >= 0.3 is 0 Å². The minimum absolute atomic E-state index is 0.00390. The van der Waals surface area contributed by atoms with Gasteiger partial charge in [0.25, 0.3) is 12.3 Å². The second-order valence-electron chi connectivity index (χ2n) is 11.5. The number of aromatic nitrogens is 5. The lowest BCUT2D eigenvalue weighted by molar-refractivity contribution is 0.0688. The first-order valence-electron chi connectivity index (χ1n) is 14.9. The van der Waals surface area contributed by atoms with Crippen molar-refractivity contribution in [2.24, 2.45) is 11.8 Å². The monoisotopic (exact) mass is 606 g/mol. The highest BCUT2D eigenvalue weighted by molar-refractivity contribution is 6.06. The number of carbonyl (C=O) groups excluding carboxylic acids is 1. The highest BCUT2D eigenvalue weighted by Crippen LogP contribution is 2.32. The molecule has 1 amide bonds. The number of nitrogens with one attached hydrogen (secondary N) is 2. The van der Waals surface area contributed by atoms with E-state index in [4.69, 9.17) is 0 Å². The molecule has 1 unspecified atom stereocenters. The fourth-order valence-corrected chi connectivity index (χ4v) is 5.72. The number of anilines is 1. The van der Waals surface area contributed by atoms with Crippen LogP contribution < -0.4 is 10.6 Å². The summed E-state index contributed by atoms with van der Waals surface area (Å²) < 4.78 is 39.8. The molecule has 3 aromatic heterocycles. The Balaban J connectivity index is 1.20. The molecule has 0 spiro atoms. The van der Waals surface area contributed by atoms with Gasteiger partial charge in [0.2, 0.25) is 0 Å². The first-order valence-corrected chi connectivity index (χ1v) is 14.9. The predicted octanol–water partition coefficient (Wildman–Crippen LogP) is 5.35. The van der Waals surface area contributed by atoms with Gasteiger partial charge in [0.05, 0.1) is 29.5 Å². The maximum Gasteiger partial charge on any atom is 0.254 e. The van der Waals surface area contributed by atoms with E-state index in [1.165, 1.54) is 13.4 Å². The molecule has 1 aromatic carbocycles. The summed E-state index contributed by atoms with van der Waals surface area (Å²) in [5.41, 5.74) is 3.00. The molecule has 0 bridgehead atoms. The summed E-state index contributed by atoms with van der Waals surface area (Å²) in [4.78, 5) is 36.4. The topological polar surface area (TPSA) is 109 Å². The van der Waals surface area contributed by atoms with Crippen molar-refractivity contribution in [2.45, 2.75) is 45.5 Å². The van der Waals surface area contributed by atoms with Crippen molar-refractivity contribution in [2.75, 3.05) is 38.5 Å². The van der Waals surface area contributed by atoms with Crippen LogP contribution in [-0.2, 0) is 6.42 Å². The van der Waals surface area contributed by atoms with Crippen LogP contribution in [0, 0.1) is 17.7 Å². The Hall–Kier alpha value is -4.19. The van der Waals surface area contributed by atoms with Crippen LogP contribution in [0.4, 0.5) is 19.0 Å². The van der Waals surface area contributed by atoms with E-state index in [-0.39, 0.29) is 23.9 Å². The lowest BCUT2D eigenvalue weighted by Gasteiger charge is -2.31. The number of carbonyl (C=O) groups is 1. The predicted molar refractivity (Wildman–Crippen MR) is 163 cm³/mol. The van der Waals surface area contributed by atoms with Gasteiger partial charge in [0.15, 0.2) is 5.82 Å². The SMILES string of the molecule is CNC(=O)c1c(F)cnc2c(C(C)[C@H](C)CNc3cc(-c4cnc(CC5CCN(CC(F)F)CC5)nc4)ncn3)cccc12. The van der Waals surface area contributed by atoms with Crippen molar-refractivity contribution in [1.82, 2.24) is 35.1 Å². The highest BCUT2D eigenvalue weighted by atomic mass is 19.3. The third kappa shape index (κ3) is 7.29. The number of alkyl halides is 2. The second-order valence-corrected chi connectivity index (χ2v) is 11.5. The fourth-order valence-electron chi connectivity index (χ4n) is 5.72. The maximum absolute atomic E-state index is 14.5. The van der Waals surface area contributed by atoms with Crippen molar-refractivity contribution >= 4 is 22.6 Å². The van der Waals surface area contributed by atoms with E-state index in [1.54, 1.807) is 18.5 Å². The number of para-hydroxylation sites is 1. The highest BCUT2D eigenvalue weighted by Gasteiger charge is 2.23. The molecule has 0 saturated carbocycles. The van der Waals surface area contributed by atoms with Crippen molar-refractivity contribution in [3.05, 3.63) is 72.0 Å². The average Bonchev–Trinajstić information content (AvgIpc) is 3.03. The van der Waals surface area contributed by atoms with Gasteiger partial charge in [0, 0.05) is 49.4 Å². The number of hydrogen-bond acceptors (Lipinski definition) is 8. The van der Waals surface area contributed by atoms with Crippen LogP contribution in [0.5, 0.6) is 0 Å². The normalized spacial score (nSPS) is 15.8. The van der Waals surface area contributed by atoms with Crippen LogP contribution in [0.1, 0.15) is 54.4 Å². The lowest BCUT2D eigenvalue weighted by atomic mass is 9.87. The molecule has 2 atom stereocenters. The molecular weight excluding hydrogens is 569 g/mol. The van der Waals surface area contributed by atoms with Gasteiger partial charge in [-0.2, -0.15) is 0 Å². The molecule has 12 heteroatoms. The first-order chi connectivity index (χ1) is 21.2. The summed E-state index contributed by atoms with van der Waals surface area (Å²) in [7, 11) is 1.48. The summed E-state index contributed by atoms with van der Waals surface area (Å²) in [6.07, 6.45) is 6.28. The van der Waals surface area contributed by atoms with E-state index in [1.807, 2.05) is 23.1 Å². The van der Waals surface area contributed by atoms with E-state index in [2.05, 4.69) is 49.4 Å². The Morgan fingerprint density at radius 2 is 1.80 bits per heavy atom. The molecule has 0 radical (unpaired) electrons. The lowest BCUT2D eigenvalue weighted by Crippen LogP contribution is -2.37. The number of pyridine rings is 1. The zero-order valence-corrected chi connectivity index (χ0v) is 25.1. The number of benzene rings is 1. The van der Waals surface area contributed by atoms with E-state index >= 15 is 0 Å². The number of amides is 1. The van der Waals surface area contributed by atoms with Gasteiger partial charge < -0.3 is 10.6 Å². The molecule has 5 rings (SSSR count). The number of piperidine rings is 1. The fraction of sp³-hybridized carbons (Fsp3) is 0.438. The molecular formula is C32H37F3N8O. The maximum atomic E-state index is 14.5. The minimum Gasteiger partial charge on any atom is -0.370 e. The van der Waals surface area contributed by atoms with Crippen LogP contribution in [0.2, 0.25) is 0 Å². The zero-order valence-electron chi connectivity index (χ0n) is 25.1. The van der Waals surface area contributed by atoms with E-state index in [0.29, 0.717) is 48.0 Å². The molecule has 1 fully saturated rings. The van der Waals surface area contributed by atoms with Crippen LogP contribution >= 0.6 is 0 Å². The first kappa shape index (κ1) is 31.2. The van der Waals surface area contributed by atoms with Crippen LogP contribution in [-0.4, -0.2) is 75.4 Å². The molecule has 4 aromatic rings. The summed E-state index contributed by atoms with van der Waals surface area (Å²) in [6, 6.07) is 7.36. The third-order valence-corrected chi connectivity index (χ3v) is 8.53. The van der Waals surface area contributed by atoms with Crippen molar-refractivity contribution in [3.63, 3.8) is 0 Å². The van der Waals surface area contributed by atoms with Crippen molar-refractivity contribution < 1.29 is 18.0 Å². The van der Waals surface area contributed by atoms with Gasteiger partial charge in [-0.15, -0.1) is 0 Å². The van der Waals surface area contributed by atoms with Crippen LogP contribution in [0.15, 0.2) is 49.2 Å². The molecule has 2 N–H and O–H groups in total. The van der Waals surface area contributed by atoms with Gasteiger partial charge in [-0.1, -0.05) is 32.0 Å². The smallest absolute Gasteiger partial charge is 0.254 e. The summed E-state index contributed by atoms with van der Waals surface area (Å²) in [5, 5.41) is 6.39. The Labute approximate surface area is 254 Å². The van der Waals surface area contributed by atoms with Crippen LogP contribution in [0.25, 0.3) is 22.2 Å². The van der Waals surface area contributed by atoms with E-state index < -0.39 is 18.1 Å². The van der Waals surface area contributed by atoms with Gasteiger partial charge in [0.1, 0.15) is 18.0 Å². The number of halogens is 3. The average molecular weight is 607 g/mol. The molecule has 4 heterocycles. The van der Waals surface area contributed by atoms with E-state index in [0.717, 1.165) is 42.4 Å². The summed E-state index contributed by atoms with van der Waals surface area (Å²) in [5.74, 6) is 0.830. The molecule has 1 aliphatic rings. The summed E-state index contributed by atoms with van der Waals surface area (Å²) >= 11 is 0. The zero-order chi connectivity index (χ0) is 31.2. The molecule has 232 valence electrons. The molecule has 1 saturated heterocycles. The van der Waals surface area contributed by atoms with Gasteiger partial charge in [-0.25, -0.2) is 33.1 Å². The third-order valence-electron chi connectivity index (χ3n) is 8.53. The molecule has 1 aliphatic heterocycles. The Kier molecular flexibility index (Phi) is 9.99. The number of likely N-dealkylation sites (tertiary alicyclic amines) is 1. The molecule has 9 nitrogen and oxygen atoms in total. The second kappa shape index (κ2) is 14.1. The quantitative estimate of drug-likeness (QED) is 0.235. The number of rotatable bonds is 11.